The molecule has 256 valence electrons. The number of aliphatic imine (C=N–C) groups is 1. The molecule has 15 heteroatoms. The fourth-order valence-corrected chi connectivity index (χ4v) is 4.70. The van der Waals surface area contributed by atoms with Crippen molar-refractivity contribution >= 4 is 35.4 Å². The normalized spacial score (nSPS) is 12.7. The Morgan fingerprint density at radius 1 is 0.875 bits per heavy atom. The molecule has 0 saturated heterocycles. The first-order chi connectivity index (χ1) is 22.7. The first kappa shape index (κ1) is 36.9. The fourth-order valence-electron chi connectivity index (χ4n) is 4.70. The first-order valence-electron chi connectivity index (χ1n) is 14.9. The maximum atomic E-state index is 13.6. The molecule has 0 atom stereocenters. The molecule has 1 aliphatic rings. The summed E-state index contributed by atoms with van der Waals surface area (Å²) in [6.07, 6.45) is -1.95. The molecule has 0 aromatic heterocycles. The molecular weight excluding hydrogens is 635 g/mol. The molecule has 12 nitrogen and oxygen atoms in total. The number of alkyl halides is 3. The van der Waals surface area contributed by atoms with Crippen molar-refractivity contribution in [3.63, 3.8) is 0 Å². The Labute approximate surface area is 274 Å². The van der Waals surface area contributed by atoms with Gasteiger partial charge in [-0.15, -0.1) is 0 Å². The van der Waals surface area contributed by atoms with E-state index in [2.05, 4.69) is 4.99 Å². The van der Waals surface area contributed by atoms with Crippen LogP contribution in [0.5, 0.6) is 11.5 Å². The molecule has 0 saturated carbocycles. The first-order valence-corrected chi connectivity index (χ1v) is 14.9. The van der Waals surface area contributed by atoms with Crippen LogP contribution >= 0.6 is 0 Å². The molecule has 48 heavy (non-hydrogen) atoms. The predicted octanol–water partition coefficient (Wildman–Crippen LogP) is 4.56. The summed E-state index contributed by atoms with van der Waals surface area (Å²) in [5.74, 6) is -3.02. The van der Waals surface area contributed by atoms with E-state index in [1.807, 2.05) is 72.8 Å². The van der Waals surface area contributed by atoms with Gasteiger partial charge in [-0.2, -0.15) is 13.2 Å². The zero-order chi connectivity index (χ0) is 35.3. The monoisotopic (exact) mass is 671 g/mol. The van der Waals surface area contributed by atoms with Crippen molar-refractivity contribution in [3.05, 3.63) is 89.5 Å². The van der Waals surface area contributed by atoms with Crippen molar-refractivity contribution in [3.8, 4) is 11.5 Å². The number of carbonyl (C=O) groups is 4. The number of guanidine groups is 1. The number of nitrogens with zero attached hydrogens (tertiary/aromatic N) is 3. The van der Waals surface area contributed by atoms with E-state index in [1.165, 1.54) is 4.90 Å². The highest BCUT2D eigenvalue weighted by molar-refractivity contribution is 6.09. The molecule has 3 aromatic rings. The summed E-state index contributed by atoms with van der Waals surface area (Å²) < 4.78 is 37.7. The van der Waals surface area contributed by atoms with Gasteiger partial charge in [0.2, 0.25) is 5.91 Å². The average molecular weight is 672 g/mol. The van der Waals surface area contributed by atoms with Crippen LogP contribution in [0, 0.1) is 0 Å². The number of nitrogens with two attached hydrogens (primary N) is 2. The third-order valence-corrected chi connectivity index (χ3v) is 6.97. The Bertz CT molecular complexity index is 1610. The average Bonchev–Trinajstić information content (AvgIpc) is 3.12. The van der Waals surface area contributed by atoms with E-state index in [9.17, 15) is 32.7 Å². The molecule has 6 N–H and O–H groups in total. The maximum Gasteiger partial charge on any atom is 0.490 e. The third kappa shape index (κ3) is 11.6. The van der Waals surface area contributed by atoms with Crippen LogP contribution in [0.3, 0.4) is 0 Å². The number of hydrogen-bond donors (Lipinski definition) is 4. The van der Waals surface area contributed by atoms with Gasteiger partial charge >= 0.3 is 18.1 Å². The van der Waals surface area contributed by atoms with Gasteiger partial charge in [0.05, 0.1) is 24.2 Å². The van der Waals surface area contributed by atoms with Gasteiger partial charge in [0.15, 0.2) is 5.96 Å². The number of unbranched alkanes of at least 4 members (excludes halogenated alkanes) is 2. The molecule has 2 amide bonds. The number of para-hydroxylation sites is 1. The quantitative estimate of drug-likeness (QED) is 0.115. The lowest BCUT2D eigenvalue weighted by atomic mass is 10.0. The number of aliphatic carboxylic acids is 2. The number of carbonyl (C=O) groups excluding carboxylic acids is 2. The number of fused-ring (bicyclic) bond motifs is 1. The minimum absolute atomic E-state index is 0.0530. The van der Waals surface area contributed by atoms with Crippen LogP contribution in [0.2, 0.25) is 0 Å². The minimum Gasteiger partial charge on any atom is -0.481 e. The Morgan fingerprint density at radius 2 is 1.56 bits per heavy atom. The molecule has 0 fully saturated rings. The Kier molecular flexibility index (Phi) is 13.3. The lowest BCUT2D eigenvalue weighted by Gasteiger charge is -2.23. The van der Waals surface area contributed by atoms with Gasteiger partial charge in [0.1, 0.15) is 18.0 Å². The zero-order valence-corrected chi connectivity index (χ0v) is 25.9. The molecule has 0 spiro atoms. The predicted molar refractivity (Wildman–Crippen MR) is 171 cm³/mol. The number of carboxylic acids is 2. The number of anilines is 1. The highest BCUT2D eigenvalue weighted by Crippen LogP contribution is 2.30. The standard InChI is InChI=1S/C31H35N5O5.C2HF3O2/c32-31(33)34-16-6-2-3-8-22-13-14-27-26(19-22)30(40)35(17-15-29(38)39)21-28(37)36(27)20-23-9-7-12-25(18-23)41-24-10-4-1-5-11-24;3-2(4,5)1(6)7/h1,4-5,7,9-14,18-19H,2-3,6,8,15-17,20-21H2,(H,38,39)(H4,32,33,34);(H,6,7). The number of aryl methyl sites for hydroxylation is 1. The van der Waals surface area contributed by atoms with E-state index in [4.69, 9.17) is 26.1 Å². The van der Waals surface area contributed by atoms with E-state index in [0.717, 1.165) is 36.8 Å². The topological polar surface area (TPSA) is 189 Å². The van der Waals surface area contributed by atoms with Gasteiger partial charge in [-0.1, -0.05) is 42.8 Å². The van der Waals surface area contributed by atoms with Crippen molar-refractivity contribution in [1.29, 1.82) is 0 Å². The molecule has 3 aromatic carbocycles. The minimum atomic E-state index is -5.08. The summed E-state index contributed by atoms with van der Waals surface area (Å²) in [6.45, 7) is 0.532. The highest BCUT2D eigenvalue weighted by atomic mass is 19.4. The molecule has 0 radical (unpaired) electrons. The van der Waals surface area contributed by atoms with Crippen molar-refractivity contribution in [2.24, 2.45) is 16.5 Å². The van der Waals surface area contributed by atoms with Crippen LogP contribution in [-0.2, 0) is 27.3 Å². The van der Waals surface area contributed by atoms with Gasteiger partial charge in [-0.05, 0) is 66.8 Å². The van der Waals surface area contributed by atoms with Crippen molar-refractivity contribution in [2.45, 2.75) is 44.8 Å². The van der Waals surface area contributed by atoms with E-state index in [0.29, 0.717) is 29.3 Å². The summed E-state index contributed by atoms with van der Waals surface area (Å²) in [5, 5.41) is 16.3. The largest absolute Gasteiger partial charge is 0.490 e. The molecule has 0 aliphatic carbocycles. The maximum absolute atomic E-state index is 13.6. The lowest BCUT2D eigenvalue weighted by molar-refractivity contribution is -0.192. The van der Waals surface area contributed by atoms with Crippen molar-refractivity contribution < 1.29 is 47.3 Å². The van der Waals surface area contributed by atoms with Crippen molar-refractivity contribution in [1.82, 2.24) is 4.90 Å². The van der Waals surface area contributed by atoms with E-state index in [-0.39, 0.29) is 43.8 Å². The zero-order valence-electron chi connectivity index (χ0n) is 25.9. The summed E-state index contributed by atoms with van der Waals surface area (Å²) >= 11 is 0. The number of ether oxygens (including phenoxy) is 1. The fraction of sp³-hybridized carbons (Fsp3) is 0.303. The molecule has 4 rings (SSSR count). The van der Waals surface area contributed by atoms with Crippen LogP contribution in [-0.4, -0.2) is 70.6 Å². The SMILES string of the molecule is NC(N)=NCCCCCc1ccc2c(c1)C(=O)N(CCC(=O)O)CC(=O)N2Cc1cccc(Oc2ccccc2)c1.O=C(O)C(F)(F)F. The number of rotatable bonds is 13. The second-order valence-electron chi connectivity index (χ2n) is 10.7. The molecule has 0 unspecified atom stereocenters. The second kappa shape index (κ2) is 17.4. The molecule has 1 aliphatic heterocycles. The van der Waals surface area contributed by atoms with Gasteiger partial charge < -0.3 is 36.2 Å². The van der Waals surface area contributed by atoms with Gasteiger partial charge in [0, 0.05) is 13.1 Å². The van der Waals surface area contributed by atoms with Gasteiger partial charge in [-0.25, -0.2) is 4.79 Å². The van der Waals surface area contributed by atoms with Crippen LogP contribution in [0.4, 0.5) is 18.9 Å². The summed E-state index contributed by atoms with van der Waals surface area (Å²) in [7, 11) is 0. The lowest BCUT2D eigenvalue weighted by Crippen LogP contribution is -2.40. The highest BCUT2D eigenvalue weighted by Gasteiger charge is 2.38. The Morgan fingerprint density at radius 3 is 2.21 bits per heavy atom. The number of halogens is 3. The van der Waals surface area contributed by atoms with E-state index >= 15 is 0 Å². The van der Waals surface area contributed by atoms with Crippen LogP contribution in [0.1, 0.15) is 47.2 Å². The smallest absolute Gasteiger partial charge is 0.481 e. The summed E-state index contributed by atoms with van der Waals surface area (Å²) in [6, 6.07) is 22.4. The summed E-state index contributed by atoms with van der Waals surface area (Å²) in [4.78, 5) is 54.1. The molecule has 1 heterocycles. The summed E-state index contributed by atoms with van der Waals surface area (Å²) in [5.41, 5.74) is 13.4. The van der Waals surface area contributed by atoms with E-state index < -0.39 is 18.1 Å². The van der Waals surface area contributed by atoms with Crippen LogP contribution < -0.4 is 21.1 Å². The van der Waals surface area contributed by atoms with Gasteiger partial charge in [-0.3, -0.25) is 19.4 Å². The van der Waals surface area contributed by atoms with Crippen molar-refractivity contribution in [2.75, 3.05) is 24.5 Å². The van der Waals surface area contributed by atoms with E-state index in [1.54, 1.807) is 4.90 Å². The van der Waals surface area contributed by atoms with Crippen LogP contribution in [0.25, 0.3) is 0 Å². The van der Waals surface area contributed by atoms with Gasteiger partial charge in [0.25, 0.3) is 5.91 Å². The third-order valence-electron chi connectivity index (χ3n) is 6.97. The van der Waals surface area contributed by atoms with Crippen LogP contribution in [0.15, 0.2) is 77.8 Å². The Hall–Kier alpha value is -5.60. The second-order valence-corrected chi connectivity index (χ2v) is 10.7. The molecular formula is C33H36F3N5O7. The number of benzene rings is 3. The molecule has 0 bridgehead atoms. The number of carboxylic acid groups (broad SMARTS) is 2. The number of hydrogen-bond acceptors (Lipinski definition) is 6. The Balaban J connectivity index is 0.000000804. The number of amides is 2.